The molecule has 1 saturated heterocycles. The van der Waals surface area contributed by atoms with E-state index in [1.165, 1.54) is 16.4 Å². The maximum Gasteiger partial charge on any atom is 0.243 e. The quantitative estimate of drug-likeness (QED) is 0.704. The Balaban J connectivity index is 2.12. The summed E-state index contributed by atoms with van der Waals surface area (Å²) in [6.45, 7) is 6.92. The normalized spacial score (nSPS) is 19.5. The SMILES string of the molecule is CCC[C@H](C)NC(=O)[C@H]1CCCN(S(=O)(=O)c2ccc(OCC)c(Cl)c2)C1. The van der Waals surface area contributed by atoms with Crippen molar-refractivity contribution in [2.24, 2.45) is 5.92 Å². The Morgan fingerprint density at radius 3 is 2.78 bits per heavy atom. The molecule has 0 saturated carbocycles. The number of hydrogen-bond acceptors (Lipinski definition) is 4. The molecule has 8 heteroatoms. The first-order valence-corrected chi connectivity index (χ1v) is 11.3. The van der Waals surface area contributed by atoms with Gasteiger partial charge >= 0.3 is 0 Å². The van der Waals surface area contributed by atoms with Gasteiger partial charge in [0.25, 0.3) is 0 Å². The predicted octanol–water partition coefficient (Wildman–Crippen LogP) is 3.44. The average molecular weight is 417 g/mol. The average Bonchev–Trinajstić information content (AvgIpc) is 2.63. The van der Waals surface area contributed by atoms with E-state index in [0.717, 1.165) is 12.8 Å². The molecule has 1 aromatic rings. The zero-order chi connectivity index (χ0) is 20.0. The van der Waals surface area contributed by atoms with Crippen molar-refractivity contribution in [3.63, 3.8) is 0 Å². The second-order valence-corrected chi connectivity index (χ2v) is 9.27. The number of carbonyl (C=O) groups excluding carboxylic acids is 1. The molecule has 1 fully saturated rings. The number of halogens is 1. The van der Waals surface area contributed by atoms with Gasteiger partial charge in [-0.2, -0.15) is 4.31 Å². The van der Waals surface area contributed by atoms with Crippen molar-refractivity contribution in [2.75, 3.05) is 19.7 Å². The lowest BCUT2D eigenvalue weighted by Crippen LogP contribution is -2.47. The van der Waals surface area contributed by atoms with Crippen LogP contribution in [0.25, 0.3) is 0 Å². The summed E-state index contributed by atoms with van der Waals surface area (Å²) in [7, 11) is -3.71. The highest BCUT2D eigenvalue weighted by Gasteiger charge is 2.33. The van der Waals surface area contributed by atoms with Gasteiger partial charge in [0.2, 0.25) is 15.9 Å². The minimum Gasteiger partial charge on any atom is -0.492 e. The molecule has 0 aliphatic carbocycles. The molecule has 6 nitrogen and oxygen atoms in total. The van der Waals surface area contributed by atoms with Crippen molar-refractivity contribution in [3.05, 3.63) is 23.2 Å². The molecule has 2 rings (SSSR count). The summed E-state index contributed by atoms with van der Waals surface area (Å²) >= 11 is 6.15. The van der Waals surface area contributed by atoms with Gasteiger partial charge in [-0.1, -0.05) is 24.9 Å². The number of sulfonamides is 1. The van der Waals surface area contributed by atoms with Gasteiger partial charge in [-0.25, -0.2) is 8.42 Å². The lowest BCUT2D eigenvalue weighted by molar-refractivity contribution is -0.126. The van der Waals surface area contributed by atoms with Crippen molar-refractivity contribution >= 4 is 27.5 Å². The fraction of sp³-hybridized carbons (Fsp3) is 0.632. The molecule has 152 valence electrons. The number of nitrogens with zero attached hydrogens (tertiary/aromatic N) is 1. The molecular weight excluding hydrogens is 388 g/mol. The molecule has 27 heavy (non-hydrogen) atoms. The molecule has 1 aliphatic rings. The van der Waals surface area contributed by atoms with Crippen LogP contribution >= 0.6 is 11.6 Å². The summed E-state index contributed by atoms with van der Waals surface area (Å²) < 4.78 is 32.7. The summed E-state index contributed by atoms with van der Waals surface area (Å²) in [6, 6.07) is 4.58. The molecular formula is C19H29ClN2O4S. The Kier molecular flexibility index (Phi) is 7.94. The minimum atomic E-state index is -3.71. The van der Waals surface area contributed by atoms with Gasteiger partial charge in [-0.05, 0) is 51.3 Å². The van der Waals surface area contributed by atoms with Crippen molar-refractivity contribution in [3.8, 4) is 5.75 Å². The molecule has 1 aliphatic heterocycles. The molecule has 2 atom stereocenters. The number of hydrogen-bond donors (Lipinski definition) is 1. The Labute approximate surface area is 167 Å². The number of piperidine rings is 1. The third-order valence-electron chi connectivity index (χ3n) is 4.71. The van der Waals surface area contributed by atoms with Crippen LogP contribution in [0, 0.1) is 5.92 Å². The number of amides is 1. The third kappa shape index (κ3) is 5.59. The van der Waals surface area contributed by atoms with Crippen molar-refractivity contribution in [1.29, 1.82) is 0 Å². The molecule has 0 unspecified atom stereocenters. The van der Waals surface area contributed by atoms with Crippen LogP contribution in [-0.2, 0) is 14.8 Å². The fourth-order valence-corrected chi connectivity index (χ4v) is 5.15. The molecule has 1 aromatic carbocycles. The van der Waals surface area contributed by atoms with E-state index in [2.05, 4.69) is 12.2 Å². The smallest absolute Gasteiger partial charge is 0.243 e. The molecule has 1 heterocycles. The maximum atomic E-state index is 13.0. The van der Waals surface area contributed by atoms with Gasteiger partial charge in [0.15, 0.2) is 0 Å². The van der Waals surface area contributed by atoms with E-state index in [0.29, 0.717) is 31.7 Å². The van der Waals surface area contributed by atoms with Crippen molar-refractivity contribution in [1.82, 2.24) is 9.62 Å². The van der Waals surface area contributed by atoms with E-state index in [4.69, 9.17) is 16.3 Å². The Morgan fingerprint density at radius 2 is 2.15 bits per heavy atom. The Morgan fingerprint density at radius 1 is 1.41 bits per heavy atom. The van der Waals surface area contributed by atoms with Crippen LogP contribution in [0.3, 0.4) is 0 Å². The highest BCUT2D eigenvalue weighted by molar-refractivity contribution is 7.89. The first kappa shape index (κ1) is 22.0. The second kappa shape index (κ2) is 9.75. The van der Waals surface area contributed by atoms with Gasteiger partial charge in [0.1, 0.15) is 5.75 Å². The summed E-state index contributed by atoms with van der Waals surface area (Å²) in [5.41, 5.74) is 0. The molecule has 0 bridgehead atoms. The van der Waals surface area contributed by atoms with Crippen LogP contribution in [0.2, 0.25) is 5.02 Å². The van der Waals surface area contributed by atoms with Gasteiger partial charge < -0.3 is 10.1 Å². The van der Waals surface area contributed by atoms with Gasteiger partial charge in [0, 0.05) is 19.1 Å². The monoisotopic (exact) mass is 416 g/mol. The largest absolute Gasteiger partial charge is 0.492 e. The lowest BCUT2D eigenvalue weighted by Gasteiger charge is -2.32. The molecule has 1 amide bonds. The standard InChI is InChI=1S/C19H29ClN2O4S/c1-4-7-14(3)21-19(23)15-8-6-11-22(13-15)27(24,25)16-9-10-18(26-5-2)17(20)12-16/h9-10,12,14-15H,4-8,11,13H2,1-3H3,(H,21,23)/t14-,15-/m0/s1. The van der Waals surface area contributed by atoms with Crippen molar-refractivity contribution < 1.29 is 17.9 Å². The highest BCUT2D eigenvalue weighted by Crippen LogP contribution is 2.30. The van der Waals surface area contributed by atoms with E-state index in [-0.39, 0.29) is 34.3 Å². The van der Waals surface area contributed by atoms with E-state index >= 15 is 0 Å². The lowest BCUT2D eigenvalue weighted by atomic mass is 9.98. The van der Waals surface area contributed by atoms with E-state index < -0.39 is 10.0 Å². The molecule has 1 N–H and O–H groups in total. The van der Waals surface area contributed by atoms with Crippen LogP contribution < -0.4 is 10.1 Å². The molecule has 0 spiro atoms. The first-order valence-electron chi connectivity index (χ1n) is 9.52. The third-order valence-corrected chi connectivity index (χ3v) is 6.86. The summed E-state index contributed by atoms with van der Waals surface area (Å²) in [5, 5.41) is 3.26. The second-order valence-electron chi connectivity index (χ2n) is 6.93. The van der Waals surface area contributed by atoms with Gasteiger partial charge in [-0.15, -0.1) is 0 Å². The minimum absolute atomic E-state index is 0.0689. The highest BCUT2D eigenvalue weighted by atomic mass is 35.5. The number of carbonyl (C=O) groups is 1. The van der Waals surface area contributed by atoms with Gasteiger partial charge in [-0.3, -0.25) is 4.79 Å². The number of nitrogens with one attached hydrogen (secondary N) is 1. The van der Waals surface area contributed by atoms with Crippen LogP contribution in [0.15, 0.2) is 23.1 Å². The number of ether oxygens (including phenoxy) is 1. The number of rotatable bonds is 8. The Hall–Kier alpha value is -1.31. The number of benzene rings is 1. The van der Waals surface area contributed by atoms with Crippen LogP contribution in [0.5, 0.6) is 5.75 Å². The van der Waals surface area contributed by atoms with Crippen LogP contribution in [0.1, 0.15) is 46.5 Å². The Bertz CT molecular complexity index is 754. The summed E-state index contributed by atoms with van der Waals surface area (Å²) in [6.07, 6.45) is 3.25. The summed E-state index contributed by atoms with van der Waals surface area (Å²) in [4.78, 5) is 12.6. The van der Waals surface area contributed by atoms with Crippen LogP contribution in [0.4, 0.5) is 0 Å². The summed E-state index contributed by atoms with van der Waals surface area (Å²) in [5.74, 6) is 0.0607. The van der Waals surface area contributed by atoms with Gasteiger partial charge in [0.05, 0.1) is 22.4 Å². The maximum absolute atomic E-state index is 13.0. The zero-order valence-corrected chi connectivity index (χ0v) is 17.8. The van der Waals surface area contributed by atoms with E-state index in [1.54, 1.807) is 6.07 Å². The van der Waals surface area contributed by atoms with Crippen molar-refractivity contribution in [2.45, 2.75) is 57.4 Å². The molecule has 0 radical (unpaired) electrons. The topological polar surface area (TPSA) is 75.7 Å². The zero-order valence-electron chi connectivity index (χ0n) is 16.2. The first-order chi connectivity index (χ1) is 12.8. The predicted molar refractivity (Wildman–Crippen MR) is 107 cm³/mol. The fourth-order valence-electron chi connectivity index (χ4n) is 3.30. The molecule has 0 aromatic heterocycles. The van der Waals surface area contributed by atoms with E-state index in [1.807, 2.05) is 13.8 Å². The van der Waals surface area contributed by atoms with Crippen LogP contribution in [-0.4, -0.2) is 44.4 Å². The van der Waals surface area contributed by atoms with E-state index in [9.17, 15) is 13.2 Å².